The molecule has 0 bridgehead atoms. The van der Waals surface area contributed by atoms with Gasteiger partial charge in [-0.05, 0) is 43.2 Å². The molecule has 4 aromatic rings. The molecule has 1 unspecified atom stereocenters. The minimum atomic E-state index is -0.357. The highest BCUT2D eigenvalue weighted by Crippen LogP contribution is 2.37. The van der Waals surface area contributed by atoms with Crippen molar-refractivity contribution in [3.8, 4) is 23.1 Å². The van der Waals surface area contributed by atoms with Gasteiger partial charge >= 0.3 is 0 Å². The highest BCUT2D eigenvalue weighted by Gasteiger charge is 2.18. The number of anilines is 4. The number of nitrogens with two attached hydrogens (primary N) is 1. The van der Waals surface area contributed by atoms with Gasteiger partial charge in [0, 0.05) is 29.9 Å². The molecular formula is C22H21N9O. The van der Waals surface area contributed by atoms with Gasteiger partial charge in [-0.1, -0.05) is 0 Å². The summed E-state index contributed by atoms with van der Waals surface area (Å²) in [6.07, 6.45) is 5.20. The number of nitriles is 1. The summed E-state index contributed by atoms with van der Waals surface area (Å²) in [5, 5.41) is 29.2. The summed E-state index contributed by atoms with van der Waals surface area (Å²) in [6.45, 7) is 5.16. The van der Waals surface area contributed by atoms with E-state index in [1.165, 1.54) is 0 Å². The number of rotatable bonds is 4. The zero-order chi connectivity index (χ0) is 22.2. The molecule has 1 aromatic carbocycles. The van der Waals surface area contributed by atoms with Crippen LogP contribution >= 0.6 is 0 Å². The first kappa shape index (κ1) is 19.6. The third-order valence-corrected chi connectivity index (χ3v) is 5.43. The van der Waals surface area contributed by atoms with E-state index in [9.17, 15) is 0 Å². The number of nitrogen functional groups attached to an aromatic ring is 1. The summed E-state index contributed by atoms with van der Waals surface area (Å²) in [5.41, 5.74) is 12.0. The zero-order valence-corrected chi connectivity index (χ0v) is 17.6. The Morgan fingerprint density at radius 1 is 1.28 bits per heavy atom. The second-order valence-electron chi connectivity index (χ2n) is 7.62. The third kappa shape index (κ3) is 3.39. The summed E-state index contributed by atoms with van der Waals surface area (Å²) in [4.78, 5) is 4.47. The summed E-state index contributed by atoms with van der Waals surface area (Å²) in [5.74, 6) is 1.17. The van der Waals surface area contributed by atoms with Crippen molar-refractivity contribution in [2.24, 2.45) is 0 Å². The molecule has 3 aromatic heterocycles. The predicted molar refractivity (Wildman–Crippen MR) is 122 cm³/mol. The molecule has 0 aliphatic carbocycles. The van der Waals surface area contributed by atoms with Crippen molar-refractivity contribution < 1.29 is 4.74 Å². The average molecular weight is 427 g/mol. The van der Waals surface area contributed by atoms with Crippen LogP contribution < -0.4 is 21.1 Å². The molecule has 0 fully saturated rings. The monoisotopic (exact) mass is 427 g/mol. The van der Waals surface area contributed by atoms with E-state index in [0.29, 0.717) is 35.2 Å². The molecule has 0 saturated heterocycles. The number of benzene rings is 1. The Hall–Kier alpha value is -4.39. The van der Waals surface area contributed by atoms with Gasteiger partial charge in [0.25, 0.3) is 0 Å². The van der Waals surface area contributed by atoms with Crippen molar-refractivity contribution in [1.29, 1.82) is 5.26 Å². The van der Waals surface area contributed by atoms with E-state index >= 15 is 0 Å². The first-order valence-corrected chi connectivity index (χ1v) is 10.2. The van der Waals surface area contributed by atoms with Crippen LogP contribution in [-0.2, 0) is 0 Å². The molecule has 4 N–H and O–H groups in total. The Labute approximate surface area is 184 Å². The molecule has 10 nitrogen and oxygen atoms in total. The topological polar surface area (TPSA) is 140 Å². The maximum atomic E-state index is 9.06. The summed E-state index contributed by atoms with van der Waals surface area (Å²) >= 11 is 0. The minimum Gasteiger partial charge on any atom is -0.474 e. The van der Waals surface area contributed by atoms with Crippen molar-refractivity contribution in [3.63, 3.8) is 0 Å². The van der Waals surface area contributed by atoms with Crippen molar-refractivity contribution in [2.45, 2.75) is 19.9 Å². The number of hydrogen-bond acceptors (Lipinski definition) is 9. The molecule has 1 aliphatic heterocycles. The van der Waals surface area contributed by atoms with Gasteiger partial charge in [-0.25, -0.2) is 4.98 Å². The lowest BCUT2D eigenvalue weighted by atomic mass is 9.99. The molecule has 0 radical (unpaired) electrons. The van der Waals surface area contributed by atoms with E-state index in [1.807, 2.05) is 25.1 Å². The lowest BCUT2D eigenvalue weighted by Gasteiger charge is -2.21. The van der Waals surface area contributed by atoms with Crippen LogP contribution in [0.5, 0.6) is 5.88 Å². The molecule has 1 atom stereocenters. The second kappa shape index (κ2) is 7.70. The summed E-state index contributed by atoms with van der Waals surface area (Å²) < 4.78 is 7.22. The SMILES string of the molecule is Cc1c(-c2cc(N)c3nnc(Nc4cnn(C(C)C#N)c4)cc3c2)cnc2c1NCCO2. The molecular weight excluding hydrogens is 406 g/mol. The largest absolute Gasteiger partial charge is 0.474 e. The van der Waals surface area contributed by atoms with Crippen LogP contribution in [-0.4, -0.2) is 38.1 Å². The number of fused-ring (bicyclic) bond motifs is 2. The van der Waals surface area contributed by atoms with E-state index in [4.69, 9.17) is 15.7 Å². The molecule has 0 amide bonds. The van der Waals surface area contributed by atoms with Gasteiger partial charge in [-0.3, -0.25) is 4.68 Å². The molecule has 0 spiro atoms. The highest BCUT2D eigenvalue weighted by molar-refractivity contribution is 5.95. The van der Waals surface area contributed by atoms with Crippen molar-refractivity contribution in [3.05, 3.63) is 42.4 Å². The van der Waals surface area contributed by atoms with Gasteiger partial charge in [0.1, 0.15) is 23.9 Å². The molecule has 32 heavy (non-hydrogen) atoms. The van der Waals surface area contributed by atoms with Crippen LogP contribution in [0, 0.1) is 18.3 Å². The molecule has 5 rings (SSSR count). The average Bonchev–Trinajstić information content (AvgIpc) is 3.27. The highest BCUT2D eigenvalue weighted by atomic mass is 16.5. The van der Waals surface area contributed by atoms with Crippen LogP contribution in [0.15, 0.2) is 36.8 Å². The van der Waals surface area contributed by atoms with Crippen molar-refractivity contribution in [2.75, 3.05) is 29.5 Å². The van der Waals surface area contributed by atoms with E-state index < -0.39 is 0 Å². The van der Waals surface area contributed by atoms with Crippen molar-refractivity contribution in [1.82, 2.24) is 25.0 Å². The number of aromatic nitrogens is 5. The number of ether oxygens (including phenoxy) is 1. The maximum absolute atomic E-state index is 9.06. The quantitative estimate of drug-likeness (QED) is 0.418. The van der Waals surface area contributed by atoms with E-state index in [-0.39, 0.29) is 6.04 Å². The van der Waals surface area contributed by atoms with Crippen LogP contribution in [0.1, 0.15) is 18.5 Å². The fraction of sp³-hybridized carbons (Fsp3) is 0.227. The van der Waals surface area contributed by atoms with Crippen LogP contribution in [0.4, 0.5) is 22.9 Å². The third-order valence-electron chi connectivity index (χ3n) is 5.43. The van der Waals surface area contributed by atoms with Gasteiger partial charge in [-0.2, -0.15) is 10.4 Å². The molecule has 4 heterocycles. The summed E-state index contributed by atoms with van der Waals surface area (Å²) in [7, 11) is 0. The Morgan fingerprint density at radius 2 is 2.16 bits per heavy atom. The van der Waals surface area contributed by atoms with Gasteiger partial charge in [0.15, 0.2) is 5.82 Å². The normalized spacial score (nSPS) is 13.5. The number of hydrogen-bond donors (Lipinski definition) is 3. The van der Waals surface area contributed by atoms with E-state index in [2.05, 4.69) is 37.0 Å². The van der Waals surface area contributed by atoms with Crippen LogP contribution in [0.3, 0.4) is 0 Å². The molecule has 1 aliphatic rings. The van der Waals surface area contributed by atoms with Crippen LogP contribution in [0.25, 0.3) is 22.0 Å². The number of nitrogens with one attached hydrogen (secondary N) is 2. The van der Waals surface area contributed by atoms with E-state index in [1.54, 1.807) is 30.2 Å². The Balaban J connectivity index is 1.52. The Bertz CT molecular complexity index is 1370. The van der Waals surface area contributed by atoms with Crippen LogP contribution in [0.2, 0.25) is 0 Å². The van der Waals surface area contributed by atoms with E-state index in [0.717, 1.165) is 34.3 Å². The van der Waals surface area contributed by atoms with Crippen molar-refractivity contribution >= 4 is 33.8 Å². The fourth-order valence-electron chi connectivity index (χ4n) is 3.74. The second-order valence-corrected chi connectivity index (χ2v) is 7.62. The van der Waals surface area contributed by atoms with Gasteiger partial charge in [-0.15, -0.1) is 10.2 Å². The minimum absolute atomic E-state index is 0.357. The van der Waals surface area contributed by atoms with Gasteiger partial charge in [0.05, 0.1) is 23.6 Å². The zero-order valence-electron chi connectivity index (χ0n) is 17.6. The molecule has 160 valence electrons. The smallest absolute Gasteiger partial charge is 0.237 e. The van der Waals surface area contributed by atoms with Gasteiger partial charge < -0.3 is 21.1 Å². The maximum Gasteiger partial charge on any atom is 0.237 e. The molecule has 10 heteroatoms. The fourth-order valence-corrected chi connectivity index (χ4v) is 3.74. The predicted octanol–water partition coefficient (Wildman–Crippen LogP) is 3.41. The number of nitrogens with zero attached hydrogens (tertiary/aromatic N) is 6. The summed E-state index contributed by atoms with van der Waals surface area (Å²) in [6, 6.07) is 7.58. The first-order chi connectivity index (χ1) is 15.5. The lowest BCUT2D eigenvalue weighted by Crippen LogP contribution is -2.20. The Kier molecular flexibility index (Phi) is 4.71. The molecule has 0 saturated carbocycles. The number of pyridine rings is 1. The lowest BCUT2D eigenvalue weighted by molar-refractivity contribution is 0.310. The standard InChI is InChI=1S/C22H21N9O/c1-12(8-23)31-11-16(9-27-31)28-19-7-15-5-14(6-18(24)21(15)30-29-19)17-10-26-22-20(13(17)2)25-3-4-32-22/h5-7,9-12,25H,3-4,24H2,1-2H3,(H,28,29). The van der Waals surface area contributed by atoms with Gasteiger partial charge in [0.2, 0.25) is 5.88 Å². The first-order valence-electron chi connectivity index (χ1n) is 10.2. The Morgan fingerprint density at radius 3 is 3.00 bits per heavy atom.